The van der Waals surface area contributed by atoms with Crippen molar-refractivity contribution in [3.63, 3.8) is 0 Å². The van der Waals surface area contributed by atoms with E-state index < -0.39 is 0 Å². The number of thiazole rings is 1. The summed E-state index contributed by atoms with van der Waals surface area (Å²) < 4.78 is 5.21. The molecule has 0 spiro atoms. The van der Waals surface area contributed by atoms with Crippen molar-refractivity contribution >= 4 is 16.5 Å². The zero-order chi connectivity index (χ0) is 13.9. The minimum atomic E-state index is 0.104. The molecule has 1 aromatic carbocycles. The summed E-state index contributed by atoms with van der Waals surface area (Å²) in [6, 6.07) is 8.06. The lowest BCUT2D eigenvalue weighted by atomic mass is 9.93. The van der Waals surface area contributed by atoms with Crippen LogP contribution in [0.5, 0.6) is 5.75 Å². The van der Waals surface area contributed by atoms with Crippen LogP contribution < -0.4 is 10.1 Å². The van der Waals surface area contributed by atoms with Crippen molar-refractivity contribution in [3.8, 4) is 5.75 Å². The van der Waals surface area contributed by atoms with Crippen LogP contribution in [0.3, 0.4) is 0 Å². The quantitative estimate of drug-likeness (QED) is 0.914. The molecule has 19 heavy (non-hydrogen) atoms. The molecule has 0 atom stereocenters. The smallest absolute Gasteiger partial charge is 0.183 e. The predicted molar refractivity (Wildman–Crippen MR) is 81.1 cm³/mol. The van der Waals surface area contributed by atoms with Gasteiger partial charge in [-0.05, 0) is 17.7 Å². The van der Waals surface area contributed by atoms with Gasteiger partial charge in [-0.25, -0.2) is 4.98 Å². The Hall–Kier alpha value is -1.55. The fourth-order valence-electron chi connectivity index (χ4n) is 1.66. The van der Waals surface area contributed by atoms with Crippen LogP contribution in [0.2, 0.25) is 0 Å². The molecule has 3 nitrogen and oxygen atoms in total. The van der Waals surface area contributed by atoms with Crippen molar-refractivity contribution in [2.24, 2.45) is 0 Å². The van der Waals surface area contributed by atoms with Gasteiger partial charge in [0.1, 0.15) is 5.75 Å². The maximum atomic E-state index is 5.21. The van der Waals surface area contributed by atoms with Crippen LogP contribution in [-0.2, 0) is 12.0 Å². The Morgan fingerprint density at radius 2 is 2.11 bits per heavy atom. The third kappa shape index (κ3) is 3.70. The van der Waals surface area contributed by atoms with Crippen molar-refractivity contribution in [2.45, 2.75) is 32.7 Å². The second-order valence-electron chi connectivity index (χ2n) is 5.49. The van der Waals surface area contributed by atoms with E-state index in [1.54, 1.807) is 18.4 Å². The normalized spacial score (nSPS) is 11.4. The van der Waals surface area contributed by atoms with E-state index in [0.29, 0.717) is 0 Å². The summed E-state index contributed by atoms with van der Waals surface area (Å²) in [5, 5.41) is 6.44. The van der Waals surface area contributed by atoms with E-state index in [9.17, 15) is 0 Å². The third-order valence-corrected chi connectivity index (χ3v) is 3.65. The van der Waals surface area contributed by atoms with Gasteiger partial charge in [-0.1, -0.05) is 32.9 Å². The van der Waals surface area contributed by atoms with Gasteiger partial charge in [0, 0.05) is 17.3 Å². The summed E-state index contributed by atoms with van der Waals surface area (Å²) in [5.41, 5.74) is 2.42. The van der Waals surface area contributed by atoms with Gasteiger partial charge >= 0.3 is 0 Å². The third-order valence-electron chi connectivity index (χ3n) is 2.85. The molecule has 2 rings (SSSR count). The molecule has 1 aromatic heterocycles. The van der Waals surface area contributed by atoms with E-state index in [4.69, 9.17) is 4.74 Å². The number of hydrogen-bond donors (Lipinski definition) is 1. The fourth-order valence-corrected chi connectivity index (χ4v) is 2.60. The molecule has 0 amide bonds. The predicted octanol–water partition coefficient (Wildman–Crippen LogP) is 4.06. The molecule has 1 heterocycles. The van der Waals surface area contributed by atoms with E-state index >= 15 is 0 Å². The number of hydrogen-bond acceptors (Lipinski definition) is 4. The molecule has 102 valence electrons. The van der Waals surface area contributed by atoms with Gasteiger partial charge in [-0.2, -0.15) is 0 Å². The molecular formula is C15H20N2OS. The second-order valence-corrected chi connectivity index (χ2v) is 6.35. The topological polar surface area (TPSA) is 34.1 Å². The minimum absolute atomic E-state index is 0.104. The van der Waals surface area contributed by atoms with Crippen LogP contribution in [0.15, 0.2) is 29.6 Å². The van der Waals surface area contributed by atoms with Crippen molar-refractivity contribution < 1.29 is 4.74 Å². The maximum Gasteiger partial charge on any atom is 0.183 e. The standard InChI is InChI=1S/C15H20N2OS/c1-15(2,3)13-10-19-14(17-13)16-9-11-6-5-7-12(8-11)18-4/h5-8,10H,9H2,1-4H3,(H,16,17). The lowest BCUT2D eigenvalue weighted by Crippen LogP contribution is -2.11. The highest BCUT2D eigenvalue weighted by Crippen LogP contribution is 2.26. The number of nitrogens with one attached hydrogen (secondary N) is 1. The van der Waals surface area contributed by atoms with Gasteiger partial charge in [0.25, 0.3) is 0 Å². The Bertz CT molecular complexity index is 543. The number of anilines is 1. The fraction of sp³-hybridized carbons (Fsp3) is 0.400. The number of methoxy groups -OCH3 is 1. The molecule has 4 heteroatoms. The average molecular weight is 276 g/mol. The Kier molecular flexibility index (Phi) is 4.10. The summed E-state index contributed by atoms with van der Waals surface area (Å²) in [5.74, 6) is 0.883. The Labute approximate surface area is 118 Å². The highest BCUT2D eigenvalue weighted by atomic mass is 32.1. The molecule has 0 aliphatic rings. The van der Waals surface area contributed by atoms with Crippen molar-refractivity contribution in [3.05, 3.63) is 40.9 Å². The van der Waals surface area contributed by atoms with E-state index in [0.717, 1.165) is 23.1 Å². The number of ether oxygens (including phenoxy) is 1. The van der Waals surface area contributed by atoms with E-state index in [1.807, 2.05) is 18.2 Å². The minimum Gasteiger partial charge on any atom is -0.497 e. The van der Waals surface area contributed by atoms with Crippen LogP contribution in [-0.4, -0.2) is 12.1 Å². The van der Waals surface area contributed by atoms with Gasteiger partial charge in [-0.3, -0.25) is 0 Å². The second kappa shape index (κ2) is 5.61. The van der Waals surface area contributed by atoms with E-state index in [-0.39, 0.29) is 5.41 Å². The van der Waals surface area contributed by atoms with Gasteiger partial charge in [-0.15, -0.1) is 11.3 Å². The summed E-state index contributed by atoms with van der Waals surface area (Å²) in [6.07, 6.45) is 0. The molecule has 2 aromatic rings. The van der Waals surface area contributed by atoms with Gasteiger partial charge in [0.15, 0.2) is 5.13 Å². The van der Waals surface area contributed by atoms with Crippen LogP contribution in [0.4, 0.5) is 5.13 Å². The van der Waals surface area contributed by atoms with Crippen molar-refractivity contribution in [2.75, 3.05) is 12.4 Å². The molecule has 0 radical (unpaired) electrons. The Morgan fingerprint density at radius 1 is 1.32 bits per heavy atom. The summed E-state index contributed by atoms with van der Waals surface area (Å²) in [4.78, 5) is 4.62. The van der Waals surface area contributed by atoms with Crippen LogP contribution >= 0.6 is 11.3 Å². The molecule has 0 aliphatic heterocycles. The number of benzene rings is 1. The van der Waals surface area contributed by atoms with E-state index in [2.05, 4.69) is 42.5 Å². The van der Waals surface area contributed by atoms with Crippen LogP contribution in [0.1, 0.15) is 32.0 Å². The molecule has 0 bridgehead atoms. The maximum absolute atomic E-state index is 5.21. The molecule has 1 N–H and O–H groups in total. The zero-order valence-corrected chi connectivity index (χ0v) is 12.7. The van der Waals surface area contributed by atoms with Crippen LogP contribution in [0.25, 0.3) is 0 Å². The first-order valence-electron chi connectivity index (χ1n) is 6.32. The largest absolute Gasteiger partial charge is 0.497 e. The summed E-state index contributed by atoms with van der Waals surface area (Å²) >= 11 is 1.65. The lowest BCUT2D eigenvalue weighted by molar-refractivity contribution is 0.414. The summed E-state index contributed by atoms with van der Waals surface area (Å²) in [6.45, 7) is 7.28. The van der Waals surface area contributed by atoms with Crippen LogP contribution in [0, 0.1) is 0 Å². The lowest BCUT2D eigenvalue weighted by Gasteiger charge is -2.14. The zero-order valence-electron chi connectivity index (χ0n) is 11.9. The van der Waals surface area contributed by atoms with Gasteiger partial charge in [0.05, 0.1) is 12.8 Å². The molecule has 0 saturated heterocycles. The highest BCUT2D eigenvalue weighted by molar-refractivity contribution is 7.13. The first-order chi connectivity index (χ1) is 8.99. The Balaban J connectivity index is 2.00. The van der Waals surface area contributed by atoms with Gasteiger partial charge < -0.3 is 10.1 Å². The molecular weight excluding hydrogens is 256 g/mol. The Morgan fingerprint density at radius 3 is 2.74 bits per heavy atom. The van der Waals surface area contributed by atoms with Crippen molar-refractivity contribution in [1.82, 2.24) is 4.98 Å². The van der Waals surface area contributed by atoms with Gasteiger partial charge in [0.2, 0.25) is 0 Å². The molecule has 0 fully saturated rings. The number of nitrogens with zero attached hydrogens (tertiary/aromatic N) is 1. The SMILES string of the molecule is COc1cccc(CNc2nc(C(C)(C)C)cs2)c1. The first kappa shape index (κ1) is 13.9. The molecule has 0 saturated carbocycles. The van der Waals surface area contributed by atoms with Crippen molar-refractivity contribution in [1.29, 1.82) is 0 Å². The molecule has 0 aliphatic carbocycles. The highest BCUT2D eigenvalue weighted by Gasteiger charge is 2.17. The van der Waals surface area contributed by atoms with E-state index in [1.165, 1.54) is 5.56 Å². The summed E-state index contributed by atoms with van der Waals surface area (Å²) in [7, 11) is 1.68. The first-order valence-corrected chi connectivity index (χ1v) is 7.20. The molecule has 0 unspecified atom stereocenters. The monoisotopic (exact) mass is 276 g/mol. The average Bonchev–Trinajstić information content (AvgIpc) is 2.85. The number of aromatic nitrogens is 1. The number of rotatable bonds is 4.